The standard InChI is InChI=1S/C14H18F3NO/c1-2-3-4-5-6-7-13(19)12-9-8-11(10-18-12)14(15,16)17/h2,8-10,13,19H,1,3-7H2. The molecule has 1 unspecified atom stereocenters. The van der Waals surface area contributed by atoms with Crippen LogP contribution in [0.5, 0.6) is 0 Å². The Hall–Kier alpha value is -1.36. The van der Waals surface area contributed by atoms with Crippen molar-refractivity contribution in [1.29, 1.82) is 0 Å². The zero-order valence-corrected chi connectivity index (χ0v) is 10.7. The molecule has 1 atom stereocenters. The van der Waals surface area contributed by atoms with Gasteiger partial charge < -0.3 is 5.11 Å². The van der Waals surface area contributed by atoms with E-state index < -0.39 is 17.8 Å². The number of hydrogen-bond acceptors (Lipinski definition) is 2. The van der Waals surface area contributed by atoms with Crippen LogP contribution in [0, 0.1) is 0 Å². The van der Waals surface area contributed by atoms with Crippen LogP contribution in [0.4, 0.5) is 13.2 Å². The van der Waals surface area contributed by atoms with Gasteiger partial charge in [-0.1, -0.05) is 18.9 Å². The van der Waals surface area contributed by atoms with Crippen LogP contribution in [0.2, 0.25) is 0 Å². The van der Waals surface area contributed by atoms with Gasteiger partial charge in [-0.25, -0.2) is 0 Å². The molecule has 0 aromatic carbocycles. The molecule has 106 valence electrons. The van der Waals surface area contributed by atoms with Crippen molar-refractivity contribution < 1.29 is 18.3 Å². The fraction of sp³-hybridized carbons (Fsp3) is 0.500. The van der Waals surface area contributed by atoms with E-state index in [9.17, 15) is 18.3 Å². The van der Waals surface area contributed by atoms with E-state index >= 15 is 0 Å². The molecule has 0 spiro atoms. The van der Waals surface area contributed by atoms with Crippen LogP contribution in [0.25, 0.3) is 0 Å². The van der Waals surface area contributed by atoms with E-state index in [0.717, 1.165) is 37.9 Å². The first-order valence-corrected chi connectivity index (χ1v) is 6.27. The van der Waals surface area contributed by atoms with Crippen molar-refractivity contribution in [3.8, 4) is 0 Å². The predicted molar refractivity (Wildman–Crippen MR) is 67.5 cm³/mol. The highest BCUT2D eigenvalue weighted by atomic mass is 19.4. The van der Waals surface area contributed by atoms with E-state index in [-0.39, 0.29) is 5.69 Å². The van der Waals surface area contributed by atoms with Crippen LogP contribution in [0.15, 0.2) is 31.0 Å². The van der Waals surface area contributed by atoms with Gasteiger partial charge in [0, 0.05) is 6.20 Å². The molecule has 0 saturated heterocycles. The van der Waals surface area contributed by atoms with Gasteiger partial charge in [0.15, 0.2) is 0 Å². The number of unbranched alkanes of at least 4 members (excludes halogenated alkanes) is 3. The summed E-state index contributed by atoms with van der Waals surface area (Å²) in [5.41, 5.74) is -0.508. The summed E-state index contributed by atoms with van der Waals surface area (Å²) in [7, 11) is 0. The third-order valence-corrected chi connectivity index (χ3v) is 2.84. The van der Waals surface area contributed by atoms with Crippen molar-refractivity contribution in [2.24, 2.45) is 0 Å². The summed E-state index contributed by atoms with van der Waals surface area (Å²) in [6.45, 7) is 3.62. The van der Waals surface area contributed by atoms with Gasteiger partial charge in [0.2, 0.25) is 0 Å². The molecular formula is C14H18F3NO. The highest BCUT2D eigenvalue weighted by molar-refractivity contribution is 5.18. The summed E-state index contributed by atoms with van der Waals surface area (Å²) in [5, 5.41) is 9.81. The van der Waals surface area contributed by atoms with Crippen LogP contribution in [-0.2, 0) is 6.18 Å². The van der Waals surface area contributed by atoms with Crippen LogP contribution >= 0.6 is 0 Å². The second-order valence-electron chi connectivity index (χ2n) is 4.41. The monoisotopic (exact) mass is 273 g/mol. The summed E-state index contributed by atoms with van der Waals surface area (Å²) < 4.78 is 37.0. The summed E-state index contributed by atoms with van der Waals surface area (Å²) in [4.78, 5) is 3.67. The minimum Gasteiger partial charge on any atom is -0.387 e. The average Bonchev–Trinajstić information content (AvgIpc) is 2.37. The first-order valence-electron chi connectivity index (χ1n) is 6.27. The molecule has 0 aliphatic carbocycles. The number of rotatable bonds is 7. The van der Waals surface area contributed by atoms with Crippen molar-refractivity contribution in [3.05, 3.63) is 42.2 Å². The summed E-state index contributed by atoms with van der Waals surface area (Å²) in [6, 6.07) is 2.18. The smallest absolute Gasteiger partial charge is 0.387 e. The predicted octanol–water partition coefficient (Wildman–Crippen LogP) is 4.27. The van der Waals surface area contributed by atoms with Gasteiger partial charge in [-0.15, -0.1) is 6.58 Å². The van der Waals surface area contributed by atoms with Gasteiger partial charge in [-0.3, -0.25) is 4.98 Å². The van der Waals surface area contributed by atoms with Gasteiger partial charge in [0.05, 0.1) is 17.4 Å². The second kappa shape index (κ2) is 7.28. The molecule has 2 nitrogen and oxygen atoms in total. The molecule has 0 aliphatic heterocycles. The van der Waals surface area contributed by atoms with E-state index in [1.54, 1.807) is 0 Å². The first kappa shape index (κ1) is 15.7. The second-order valence-corrected chi connectivity index (χ2v) is 4.41. The van der Waals surface area contributed by atoms with E-state index in [4.69, 9.17) is 0 Å². The minimum atomic E-state index is -4.39. The van der Waals surface area contributed by atoms with Crippen molar-refractivity contribution in [2.75, 3.05) is 0 Å². The SMILES string of the molecule is C=CCCCCCC(O)c1ccc(C(F)(F)F)cn1. The van der Waals surface area contributed by atoms with Crippen molar-refractivity contribution in [2.45, 2.75) is 44.4 Å². The molecule has 0 aliphatic rings. The number of aliphatic hydroxyl groups is 1. The van der Waals surface area contributed by atoms with E-state index in [1.807, 2.05) is 6.08 Å². The lowest BCUT2D eigenvalue weighted by molar-refractivity contribution is -0.137. The molecular weight excluding hydrogens is 255 g/mol. The van der Waals surface area contributed by atoms with Gasteiger partial charge in [0.25, 0.3) is 0 Å². The molecule has 0 saturated carbocycles. The van der Waals surface area contributed by atoms with Gasteiger partial charge in [0.1, 0.15) is 0 Å². The Balaban J connectivity index is 2.44. The number of halogens is 3. The molecule has 1 N–H and O–H groups in total. The lowest BCUT2D eigenvalue weighted by atomic mass is 10.1. The van der Waals surface area contributed by atoms with E-state index in [2.05, 4.69) is 11.6 Å². The molecule has 1 aromatic heterocycles. The molecule has 1 heterocycles. The van der Waals surface area contributed by atoms with Gasteiger partial charge in [-0.2, -0.15) is 13.2 Å². The number of hydrogen-bond donors (Lipinski definition) is 1. The Labute approximate surface area is 111 Å². The summed E-state index contributed by atoms with van der Waals surface area (Å²) >= 11 is 0. The van der Waals surface area contributed by atoms with Crippen molar-refractivity contribution in [3.63, 3.8) is 0 Å². The third kappa shape index (κ3) is 5.42. The summed E-state index contributed by atoms with van der Waals surface area (Å²) in [6.07, 6.45) is 1.65. The lowest BCUT2D eigenvalue weighted by Crippen LogP contribution is -2.07. The highest BCUT2D eigenvalue weighted by Crippen LogP contribution is 2.29. The Bertz CT molecular complexity index is 387. The Kier molecular flexibility index (Phi) is 6.02. The van der Waals surface area contributed by atoms with Gasteiger partial charge >= 0.3 is 6.18 Å². The number of aromatic nitrogens is 1. The number of alkyl halides is 3. The maximum absolute atomic E-state index is 12.3. The number of pyridine rings is 1. The average molecular weight is 273 g/mol. The first-order chi connectivity index (χ1) is 8.95. The lowest BCUT2D eigenvalue weighted by Gasteiger charge is -2.11. The number of aliphatic hydroxyl groups excluding tert-OH is 1. The molecule has 0 radical (unpaired) electrons. The number of allylic oxidation sites excluding steroid dienone is 1. The molecule has 0 bridgehead atoms. The highest BCUT2D eigenvalue weighted by Gasteiger charge is 2.30. The number of nitrogens with zero attached hydrogens (tertiary/aromatic N) is 1. The molecule has 1 aromatic rings. The fourth-order valence-corrected chi connectivity index (χ4v) is 1.72. The zero-order valence-electron chi connectivity index (χ0n) is 10.7. The van der Waals surface area contributed by atoms with E-state index in [0.29, 0.717) is 6.42 Å². The van der Waals surface area contributed by atoms with Crippen LogP contribution in [-0.4, -0.2) is 10.1 Å². The van der Waals surface area contributed by atoms with Crippen LogP contribution < -0.4 is 0 Å². The van der Waals surface area contributed by atoms with Gasteiger partial charge in [-0.05, 0) is 31.4 Å². The summed E-state index contributed by atoms with van der Waals surface area (Å²) in [5.74, 6) is 0. The molecule has 0 fully saturated rings. The van der Waals surface area contributed by atoms with Crippen LogP contribution in [0.3, 0.4) is 0 Å². The Morgan fingerprint density at radius 3 is 2.53 bits per heavy atom. The van der Waals surface area contributed by atoms with Crippen molar-refractivity contribution in [1.82, 2.24) is 4.98 Å². The van der Waals surface area contributed by atoms with E-state index in [1.165, 1.54) is 6.07 Å². The third-order valence-electron chi connectivity index (χ3n) is 2.84. The molecule has 0 amide bonds. The van der Waals surface area contributed by atoms with Crippen LogP contribution in [0.1, 0.15) is 49.5 Å². The minimum absolute atomic E-state index is 0.289. The fourth-order valence-electron chi connectivity index (χ4n) is 1.72. The van der Waals surface area contributed by atoms with Crippen molar-refractivity contribution >= 4 is 0 Å². The maximum Gasteiger partial charge on any atom is 0.417 e. The Morgan fingerprint density at radius 1 is 1.26 bits per heavy atom. The normalized spacial score (nSPS) is 13.3. The molecule has 19 heavy (non-hydrogen) atoms. The zero-order chi connectivity index (χ0) is 14.3. The molecule has 1 rings (SSSR count). The maximum atomic E-state index is 12.3. The largest absolute Gasteiger partial charge is 0.417 e. The molecule has 5 heteroatoms. The topological polar surface area (TPSA) is 33.1 Å². The Morgan fingerprint density at radius 2 is 2.00 bits per heavy atom. The quantitative estimate of drug-likeness (QED) is 0.594.